The normalized spacial score (nSPS) is 12.9. The minimum Gasteiger partial charge on any atom is -0.301 e. The summed E-state index contributed by atoms with van der Waals surface area (Å²) in [4.78, 5) is 19.0. The summed E-state index contributed by atoms with van der Waals surface area (Å²) in [6.07, 6.45) is 0. The van der Waals surface area contributed by atoms with E-state index in [0.717, 1.165) is 21.9 Å². The quantitative estimate of drug-likeness (QED) is 0.681. The molecule has 27 heavy (non-hydrogen) atoms. The summed E-state index contributed by atoms with van der Waals surface area (Å²) in [6.45, 7) is 0. The van der Waals surface area contributed by atoms with Gasteiger partial charge in [-0.15, -0.1) is 23.1 Å². The van der Waals surface area contributed by atoms with Crippen LogP contribution in [0.1, 0.15) is 10.4 Å². The molecule has 0 radical (unpaired) electrons. The third kappa shape index (κ3) is 4.23. The average molecular weight is 417 g/mol. The van der Waals surface area contributed by atoms with Gasteiger partial charge in [0.15, 0.2) is 15.0 Å². The molecule has 3 aromatic rings. The number of hydrogen-bond donors (Lipinski definition) is 1. The lowest BCUT2D eigenvalue weighted by atomic mass is 10.1. The van der Waals surface area contributed by atoms with E-state index < -0.39 is 21.5 Å². The van der Waals surface area contributed by atoms with E-state index in [2.05, 4.69) is 16.4 Å². The molecule has 1 amide bonds. The Morgan fingerprint density at radius 1 is 1.07 bits per heavy atom. The van der Waals surface area contributed by atoms with Gasteiger partial charge in [0.1, 0.15) is 5.75 Å². The Morgan fingerprint density at radius 3 is 2.63 bits per heavy atom. The lowest BCUT2D eigenvalue weighted by molar-refractivity contribution is -0.113. The average Bonchev–Trinajstić information content (AvgIpc) is 3.04. The summed E-state index contributed by atoms with van der Waals surface area (Å²) in [5.41, 5.74) is 2.60. The molecule has 1 N–H and O–H groups in total. The number of sulfone groups is 1. The van der Waals surface area contributed by atoms with Crippen molar-refractivity contribution in [3.8, 4) is 11.3 Å². The van der Waals surface area contributed by atoms with Crippen LogP contribution in [-0.4, -0.2) is 25.1 Å². The largest absolute Gasteiger partial charge is 0.301 e. The number of rotatable bonds is 5. The van der Waals surface area contributed by atoms with Crippen molar-refractivity contribution in [3.05, 3.63) is 65.0 Å². The Labute approximate surface area is 165 Å². The van der Waals surface area contributed by atoms with E-state index in [1.807, 2.05) is 24.3 Å². The molecule has 2 heterocycles. The predicted octanol–water partition coefficient (Wildman–Crippen LogP) is 3.97. The first-order valence-electron chi connectivity index (χ1n) is 8.26. The maximum absolute atomic E-state index is 12.3. The van der Waals surface area contributed by atoms with Gasteiger partial charge in [0.2, 0.25) is 5.91 Å². The van der Waals surface area contributed by atoms with E-state index in [9.17, 15) is 13.2 Å². The molecule has 5 nitrogen and oxygen atoms in total. The number of thiazole rings is 1. The minimum atomic E-state index is -3.54. The van der Waals surface area contributed by atoms with Crippen LogP contribution >= 0.6 is 23.1 Å². The Balaban J connectivity index is 1.46. The summed E-state index contributed by atoms with van der Waals surface area (Å²) < 4.78 is 24.6. The van der Waals surface area contributed by atoms with Crippen LogP contribution in [0, 0.1) is 0 Å². The highest BCUT2D eigenvalue weighted by atomic mass is 32.2. The molecule has 2 aromatic carbocycles. The van der Waals surface area contributed by atoms with Crippen LogP contribution in [0.4, 0.5) is 5.13 Å². The second-order valence-electron chi connectivity index (χ2n) is 6.14. The van der Waals surface area contributed by atoms with Crippen molar-refractivity contribution in [3.63, 3.8) is 0 Å². The summed E-state index contributed by atoms with van der Waals surface area (Å²) in [5, 5.41) is 3.09. The number of thioether (sulfide) groups is 1. The van der Waals surface area contributed by atoms with Crippen molar-refractivity contribution in [2.75, 3.05) is 11.1 Å². The van der Waals surface area contributed by atoms with Gasteiger partial charge in [-0.3, -0.25) is 4.79 Å². The van der Waals surface area contributed by atoms with Crippen LogP contribution in [0.5, 0.6) is 0 Å². The third-order valence-corrected chi connectivity index (χ3v) is 7.75. The molecular weight excluding hydrogens is 400 g/mol. The monoisotopic (exact) mass is 416 g/mol. The highest BCUT2D eigenvalue weighted by molar-refractivity contribution is 7.98. The van der Waals surface area contributed by atoms with Crippen molar-refractivity contribution >= 4 is 44.0 Å². The zero-order chi connectivity index (χ0) is 18.9. The molecule has 1 aliphatic rings. The van der Waals surface area contributed by atoms with Crippen molar-refractivity contribution in [1.29, 1.82) is 0 Å². The number of carbonyl (C=O) groups excluding carboxylic acids is 1. The maximum atomic E-state index is 12.3. The molecule has 4 rings (SSSR count). The molecule has 0 atom stereocenters. The lowest BCUT2D eigenvalue weighted by Gasteiger charge is -2.13. The standard InChI is InChI=1S/C19H16N2O3S3/c22-17(12-27(23,24)11-13-6-2-1-3-7-13)20-19-21-18-14-8-4-5-9-15(14)25-10-16(18)26-19/h1-9H,10-12H2,(H,20,21,22). The van der Waals surface area contributed by atoms with Gasteiger partial charge >= 0.3 is 0 Å². The molecule has 0 unspecified atom stereocenters. The van der Waals surface area contributed by atoms with Gasteiger partial charge in [0.05, 0.1) is 11.4 Å². The molecule has 0 saturated carbocycles. The summed E-state index contributed by atoms with van der Waals surface area (Å²) in [5.74, 6) is -0.471. The minimum absolute atomic E-state index is 0.153. The van der Waals surface area contributed by atoms with Crippen molar-refractivity contribution in [2.45, 2.75) is 16.4 Å². The molecule has 0 aliphatic carbocycles. The summed E-state index contributed by atoms with van der Waals surface area (Å²) in [7, 11) is -3.54. The van der Waals surface area contributed by atoms with Crippen LogP contribution in [0.2, 0.25) is 0 Å². The van der Waals surface area contributed by atoms with Gasteiger partial charge in [-0.1, -0.05) is 48.5 Å². The Bertz CT molecular complexity index is 1090. The fourth-order valence-electron chi connectivity index (χ4n) is 2.88. The number of hydrogen-bond acceptors (Lipinski definition) is 6. The summed E-state index contributed by atoms with van der Waals surface area (Å²) in [6, 6.07) is 16.9. The van der Waals surface area contributed by atoms with E-state index in [-0.39, 0.29) is 5.75 Å². The van der Waals surface area contributed by atoms with Crippen molar-refractivity contribution in [1.82, 2.24) is 4.98 Å². The van der Waals surface area contributed by atoms with Gasteiger partial charge in [0, 0.05) is 21.1 Å². The first-order chi connectivity index (χ1) is 13.0. The van der Waals surface area contributed by atoms with E-state index in [1.54, 1.807) is 36.0 Å². The predicted molar refractivity (Wildman–Crippen MR) is 110 cm³/mol. The highest BCUT2D eigenvalue weighted by Crippen LogP contribution is 2.44. The zero-order valence-corrected chi connectivity index (χ0v) is 16.7. The van der Waals surface area contributed by atoms with Crippen LogP contribution in [0.15, 0.2) is 59.5 Å². The fourth-order valence-corrected chi connectivity index (χ4v) is 6.27. The second kappa shape index (κ2) is 7.46. The number of nitrogens with zero attached hydrogens (tertiary/aromatic N) is 1. The SMILES string of the molecule is O=C(CS(=O)(=O)Cc1ccccc1)Nc1nc2c(s1)CSc1ccccc1-2. The number of anilines is 1. The van der Waals surface area contributed by atoms with Crippen LogP contribution in [0.25, 0.3) is 11.3 Å². The molecule has 0 spiro atoms. The second-order valence-corrected chi connectivity index (χ2v) is 10.3. The topological polar surface area (TPSA) is 76.1 Å². The number of aromatic nitrogens is 1. The van der Waals surface area contributed by atoms with Gasteiger partial charge in [-0.2, -0.15) is 0 Å². The molecular formula is C19H16N2O3S3. The third-order valence-electron chi connectivity index (χ3n) is 4.03. The Kier molecular flexibility index (Phi) is 5.03. The summed E-state index contributed by atoms with van der Waals surface area (Å²) >= 11 is 3.14. The molecule has 138 valence electrons. The van der Waals surface area contributed by atoms with E-state index in [4.69, 9.17) is 0 Å². The van der Waals surface area contributed by atoms with Crippen LogP contribution in [-0.2, 0) is 26.1 Å². The lowest BCUT2D eigenvalue weighted by Crippen LogP contribution is -2.23. The van der Waals surface area contributed by atoms with Gasteiger partial charge < -0.3 is 5.32 Å². The Morgan fingerprint density at radius 2 is 1.81 bits per heavy atom. The smallest absolute Gasteiger partial charge is 0.241 e. The van der Waals surface area contributed by atoms with Crippen LogP contribution < -0.4 is 5.32 Å². The van der Waals surface area contributed by atoms with Crippen LogP contribution in [0.3, 0.4) is 0 Å². The number of carbonyl (C=O) groups is 1. The molecule has 0 fully saturated rings. The van der Waals surface area contributed by atoms with Gasteiger partial charge in [-0.25, -0.2) is 13.4 Å². The van der Waals surface area contributed by atoms with Crippen molar-refractivity contribution in [2.24, 2.45) is 0 Å². The molecule has 0 bridgehead atoms. The Hall–Kier alpha value is -2.16. The van der Waals surface area contributed by atoms with E-state index in [0.29, 0.717) is 10.7 Å². The molecule has 0 saturated heterocycles. The maximum Gasteiger partial charge on any atom is 0.241 e. The molecule has 8 heteroatoms. The van der Waals surface area contributed by atoms with Crippen molar-refractivity contribution < 1.29 is 13.2 Å². The van der Waals surface area contributed by atoms with E-state index in [1.165, 1.54) is 16.2 Å². The first kappa shape index (κ1) is 18.2. The fraction of sp³-hybridized carbons (Fsp3) is 0.158. The highest BCUT2D eigenvalue weighted by Gasteiger charge is 2.23. The van der Waals surface area contributed by atoms with Gasteiger partial charge in [-0.05, 0) is 11.6 Å². The zero-order valence-electron chi connectivity index (χ0n) is 14.2. The first-order valence-corrected chi connectivity index (χ1v) is 11.9. The van der Waals surface area contributed by atoms with E-state index >= 15 is 0 Å². The number of amides is 1. The molecule has 1 aliphatic heterocycles. The number of nitrogens with one attached hydrogen (secondary N) is 1. The molecule has 1 aromatic heterocycles. The number of benzene rings is 2. The van der Waals surface area contributed by atoms with Gasteiger partial charge in [0.25, 0.3) is 0 Å². The number of fused-ring (bicyclic) bond motifs is 3.